The maximum absolute atomic E-state index is 13.9. The molecule has 10 heteroatoms. The van der Waals surface area contributed by atoms with E-state index < -0.39 is 40.7 Å². The first-order valence-electron chi connectivity index (χ1n) is 12.5. The van der Waals surface area contributed by atoms with E-state index in [1.807, 2.05) is 0 Å². The van der Waals surface area contributed by atoms with Gasteiger partial charge in [-0.2, -0.15) is 0 Å². The Morgan fingerprint density at radius 2 is 1.48 bits per heavy atom. The first-order chi connectivity index (χ1) is 19.3. The highest BCUT2D eigenvalue weighted by atomic mass is 79.9. The number of halogens is 1. The van der Waals surface area contributed by atoms with Crippen LogP contribution in [0.15, 0.2) is 107 Å². The van der Waals surface area contributed by atoms with Crippen molar-refractivity contribution in [1.29, 1.82) is 0 Å². The van der Waals surface area contributed by atoms with Gasteiger partial charge in [-0.1, -0.05) is 64.5 Å². The van der Waals surface area contributed by atoms with Gasteiger partial charge in [0.05, 0.1) is 28.5 Å². The van der Waals surface area contributed by atoms with Crippen LogP contribution >= 0.6 is 15.9 Å². The summed E-state index contributed by atoms with van der Waals surface area (Å²) in [4.78, 5) is 68.1. The van der Waals surface area contributed by atoms with Crippen molar-refractivity contribution in [2.45, 2.75) is 12.1 Å². The Morgan fingerprint density at radius 3 is 2.12 bits per heavy atom. The fraction of sp³-hybridized carbons (Fsp3) is 0.133. The lowest BCUT2D eigenvalue weighted by Gasteiger charge is -2.32. The molecule has 9 nitrogen and oxygen atoms in total. The van der Waals surface area contributed by atoms with Gasteiger partial charge in [-0.05, 0) is 30.3 Å². The van der Waals surface area contributed by atoms with Crippen molar-refractivity contribution in [2.24, 2.45) is 11.8 Å². The van der Waals surface area contributed by atoms with Crippen LogP contribution in [0.3, 0.4) is 0 Å². The van der Waals surface area contributed by atoms with Crippen LogP contribution in [0.4, 0.5) is 11.4 Å². The van der Waals surface area contributed by atoms with Gasteiger partial charge in [0, 0.05) is 39.5 Å². The molecule has 4 atom stereocenters. The Morgan fingerprint density at radius 1 is 0.825 bits per heavy atom. The van der Waals surface area contributed by atoms with Gasteiger partial charge in [-0.25, -0.2) is 4.90 Å². The van der Waals surface area contributed by atoms with E-state index in [4.69, 9.17) is 0 Å². The number of nitro groups is 1. The summed E-state index contributed by atoms with van der Waals surface area (Å²) >= 11 is 3.36. The second-order valence-electron chi connectivity index (χ2n) is 9.72. The highest BCUT2D eigenvalue weighted by Gasteiger charge is 2.63. The number of nitro benzene ring substituents is 1. The molecule has 2 fully saturated rings. The number of anilines is 1. The van der Waals surface area contributed by atoms with Crippen LogP contribution in [0, 0.1) is 22.0 Å². The Bertz CT molecular complexity index is 1630. The fourth-order valence-electron chi connectivity index (χ4n) is 5.72. The summed E-state index contributed by atoms with van der Waals surface area (Å²) in [5.41, 5.74) is 1.22. The maximum Gasteiger partial charge on any atom is 0.269 e. The topological polar surface area (TPSA) is 118 Å². The highest BCUT2D eigenvalue weighted by molar-refractivity contribution is 9.10. The summed E-state index contributed by atoms with van der Waals surface area (Å²) in [6, 6.07) is 18.9. The molecule has 0 bridgehead atoms. The number of imide groups is 1. The number of rotatable bonds is 6. The lowest BCUT2D eigenvalue weighted by molar-refractivity contribution is -0.384. The maximum atomic E-state index is 13.9. The number of hydrogen-bond acceptors (Lipinski definition) is 7. The van der Waals surface area contributed by atoms with Crippen LogP contribution in [0.1, 0.15) is 20.7 Å². The molecular weight excluding hydrogens is 578 g/mol. The number of carbonyl (C=O) groups excluding carboxylic acids is 4. The molecule has 0 radical (unpaired) electrons. The summed E-state index contributed by atoms with van der Waals surface area (Å²) in [5.74, 6) is -3.60. The number of benzene rings is 3. The zero-order valence-corrected chi connectivity index (χ0v) is 22.3. The molecule has 3 aromatic carbocycles. The molecule has 0 N–H and O–H groups in total. The number of nitrogens with zero attached hydrogens (tertiary/aromatic N) is 3. The third-order valence-electron chi connectivity index (χ3n) is 7.56. The number of carbonyl (C=O) groups is 4. The van der Waals surface area contributed by atoms with Gasteiger partial charge in [-0.15, -0.1) is 0 Å². The minimum Gasteiger partial charge on any atom is -0.359 e. The molecule has 198 valence electrons. The van der Waals surface area contributed by atoms with Crippen LogP contribution < -0.4 is 4.90 Å². The van der Waals surface area contributed by atoms with Crippen molar-refractivity contribution in [3.8, 4) is 0 Å². The monoisotopic (exact) mass is 597 g/mol. The van der Waals surface area contributed by atoms with E-state index in [1.165, 1.54) is 24.3 Å². The molecule has 6 rings (SSSR count). The van der Waals surface area contributed by atoms with Crippen LogP contribution in [-0.4, -0.2) is 45.3 Å². The van der Waals surface area contributed by atoms with Gasteiger partial charge in [0.15, 0.2) is 11.6 Å². The van der Waals surface area contributed by atoms with E-state index in [2.05, 4.69) is 15.9 Å². The van der Waals surface area contributed by atoms with E-state index >= 15 is 0 Å². The summed E-state index contributed by atoms with van der Waals surface area (Å²) in [5, 5.41) is 11.1. The standard InChI is InChI=1S/C30H20BrN3O6/c31-20-8-6-18(7-9-20)28(36)26-25-24(29(37)33(30(25)38)21-10-12-22(13-11-21)34(39)40)23-16-19(14-15-32(23)26)27(35)17-4-2-1-3-5-17/h1-16,23-26H/t23-,24+,25-,26-/m1/s1. The number of non-ortho nitro benzene ring substituents is 1. The number of ketones is 2. The minimum absolute atomic E-state index is 0.179. The minimum atomic E-state index is -1.02. The predicted molar refractivity (Wildman–Crippen MR) is 148 cm³/mol. The first-order valence-corrected chi connectivity index (χ1v) is 13.2. The van der Waals surface area contributed by atoms with Gasteiger partial charge >= 0.3 is 0 Å². The number of hydrogen-bond donors (Lipinski definition) is 0. The molecule has 2 saturated heterocycles. The molecule has 3 aliphatic heterocycles. The Kier molecular flexibility index (Phi) is 6.26. The average Bonchev–Trinajstić information content (AvgIpc) is 3.44. The molecule has 3 heterocycles. The zero-order valence-electron chi connectivity index (χ0n) is 20.7. The smallest absolute Gasteiger partial charge is 0.269 e. The zero-order chi connectivity index (χ0) is 28.1. The number of allylic oxidation sites excluding steroid dienone is 2. The van der Waals surface area contributed by atoms with Gasteiger partial charge in [0.25, 0.3) is 5.69 Å². The quantitative estimate of drug-likeness (QED) is 0.174. The Hall–Kier alpha value is -4.70. The van der Waals surface area contributed by atoms with Crippen molar-refractivity contribution in [3.63, 3.8) is 0 Å². The molecule has 40 heavy (non-hydrogen) atoms. The lowest BCUT2D eigenvalue weighted by Crippen LogP contribution is -2.46. The number of fused-ring (bicyclic) bond motifs is 3. The second-order valence-corrected chi connectivity index (χ2v) is 10.6. The van der Waals surface area contributed by atoms with Gasteiger partial charge in [-0.3, -0.25) is 29.3 Å². The third kappa shape index (κ3) is 4.08. The SMILES string of the molecule is O=C(C1=C[C@@H]2[C@@H]3C(=O)N(c4ccc([N+](=O)[O-])cc4)C(=O)[C@H]3[C@H](C(=O)c3ccc(Br)cc3)N2C=C1)c1ccccc1. The molecule has 0 spiro atoms. The molecule has 0 aliphatic carbocycles. The number of amides is 2. The normalized spacial score (nSPS) is 23.1. The third-order valence-corrected chi connectivity index (χ3v) is 8.09. The van der Waals surface area contributed by atoms with E-state index in [0.717, 1.165) is 9.37 Å². The van der Waals surface area contributed by atoms with Crippen molar-refractivity contribution in [3.05, 3.63) is 129 Å². The molecule has 3 aromatic rings. The van der Waals surface area contributed by atoms with Crippen molar-refractivity contribution < 1.29 is 24.1 Å². The average molecular weight is 598 g/mol. The van der Waals surface area contributed by atoms with Crippen molar-refractivity contribution >= 4 is 50.7 Å². The van der Waals surface area contributed by atoms with Crippen molar-refractivity contribution in [2.75, 3.05) is 4.90 Å². The Balaban J connectivity index is 1.42. The molecule has 0 saturated carbocycles. The van der Waals surface area contributed by atoms with Crippen LogP contribution in [0.25, 0.3) is 0 Å². The first kappa shape index (κ1) is 25.6. The molecule has 3 aliphatic rings. The van der Waals surface area contributed by atoms with Crippen LogP contribution in [-0.2, 0) is 9.59 Å². The fourth-order valence-corrected chi connectivity index (χ4v) is 5.98. The summed E-state index contributed by atoms with van der Waals surface area (Å²) < 4.78 is 0.785. The molecule has 0 aromatic heterocycles. The predicted octanol–water partition coefficient (Wildman–Crippen LogP) is 4.74. The van der Waals surface area contributed by atoms with E-state index in [0.29, 0.717) is 16.7 Å². The Labute approximate surface area is 236 Å². The van der Waals surface area contributed by atoms with Gasteiger partial charge in [0.2, 0.25) is 11.8 Å². The van der Waals surface area contributed by atoms with E-state index in [9.17, 15) is 29.3 Å². The second kappa shape index (κ2) is 9.80. The van der Waals surface area contributed by atoms with E-state index in [-0.39, 0.29) is 22.9 Å². The molecule has 2 amide bonds. The summed E-state index contributed by atoms with van der Waals surface area (Å²) in [6.07, 6.45) is 4.89. The molecule has 0 unspecified atom stereocenters. The van der Waals surface area contributed by atoms with Crippen LogP contribution in [0.5, 0.6) is 0 Å². The lowest BCUT2D eigenvalue weighted by atomic mass is 9.85. The largest absolute Gasteiger partial charge is 0.359 e. The molecular formula is C30H20BrN3O6. The highest BCUT2D eigenvalue weighted by Crippen LogP contribution is 2.47. The van der Waals surface area contributed by atoms with Gasteiger partial charge < -0.3 is 4.90 Å². The number of Topliss-reactive ketones (excluding diaryl/α,β-unsaturated/α-hetero) is 2. The van der Waals surface area contributed by atoms with Gasteiger partial charge in [0.1, 0.15) is 6.04 Å². The summed E-state index contributed by atoms with van der Waals surface area (Å²) in [6.45, 7) is 0. The summed E-state index contributed by atoms with van der Waals surface area (Å²) in [7, 11) is 0. The van der Waals surface area contributed by atoms with Crippen LogP contribution in [0.2, 0.25) is 0 Å². The van der Waals surface area contributed by atoms with E-state index in [1.54, 1.807) is 77.8 Å². The van der Waals surface area contributed by atoms with Crippen molar-refractivity contribution in [1.82, 2.24) is 4.90 Å².